The monoisotopic (exact) mass is 550 g/mol. The molecule has 3 amide bonds. The van der Waals surface area contributed by atoms with Crippen molar-refractivity contribution in [2.75, 3.05) is 49.1 Å². The first-order valence-electron chi connectivity index (χ1n) is 14.6. The average Bonchev–Trinajstić information content (AvgIpc) is 3.23. The molecular weight excluding hydrogens is 508 g/mol. The van der Waals surface area contributed by atoms with Crippen molar-refractivity contribution in [2.24, 2.45) is 11.8 Å². The van der Waals surface area contributed by atoms with Crippen LogP contribution in [0.2, 0.25) is 0 Å². The molecule has 5 rings (SSSR count). The number of carbonyl (C=O) groups excluding carboxylic acids is 3. The molecule has 0 bridgehead atoms. The number of benzene rings is 1. The first-order valence-corrected chi connectivity index (χ1v) is 14.6. The number of likely N-dealkylation sites (tertiary alicyclic amines) is 1. The predicted molar refractivity (Wildman–Crippen MR) is 154 cm³/mol. The van der Waals surface area contributed by atoms with Crippen molar-refractivity contribution in [1.82, 2.24) is 9.80 Å². The average molecular weight is 551 g/mol. The van der Waals surface area contributed by atoms with Crippen LogP contribution in [0.1, 0.15) is 41.0 Å². The molecule has 9 nitrogen and oxygen atoms in total. The Morgan fingerprint density at radius 2 is 1.65 bits per heavy atom. The number of anilines is 2. The minimum absolute atomic E-state index is 0.129. The maximum atomic E-state index is 14.5. The third-order valence-corrected chi connectivity index (χ3v) is 9.10. The summed E-state index contributed by atoms with van der Waals surface area (Å²) >= 11 is 0. The fourth-order valence-corrected chi connectivity index (χ4v) is 7.21. The zero-order valence-electron chi connectivity index (χ0n) is 24.2. The molecule has 1 N–H and O–H groups in total. The topological polar surface area (TPSA) is 93.6 Å². The van der Waals surface area contributed by atoms with Gasteiger partial charge in [-0.3, -0.25) is 14.4 Å². The molecular formula is C31H42N4O5. The van der Waals surface area contributed by atoms with E-state index in [-0.39, 0.29) is 24.3 Å². The minimum Gasteiger partial charge on any atom is -0.394 e. The van der Waals surface area contributed by atoms with Gasteiger partial charge in [0.05, 0.1) is 30.1 Å². The van der Waals surface area contributed by atoms with Crippen LogP contribution in [0.15, 0.2) is 48.6 Å². The molecule has 4 heterocycles. The van der Waals surface area contributed by atoms with Crippen molar-refractivity contribution in [3.05, 3.63) is 48.6 Å². The summed E-state index contributed by atoms with van der Waals surface area (Å²) in [7, 11) is 0. The van der Waals surface area contributed by atoms with Crippen molar-refractivity contribution in [1.29, 1.82) is 0 Å². The first-order chi connectivity index (χ1) is 19.2. The van der Waals surface area contributed by atoms with E-state index in [0.29, 0.717) is 19.6 Å². The van der Waals surface area contributed by atoms with Gasteiger partial charge in [-0.1, -0.05) is 31.2 Å². The van der Waals surface area contributed by atoms with Gasteiger partial charge in [-0.25, -0.2) is 0 Å². The molecule has 1 aromatic carbocycles. The highest BCUT2D eigenvalue weighted by Crippen LogP contribution is 2.58. The fraction of sp³-hybridized carbons (Fsp3) is 0.581. The summed E-state index contributed by atoms with van der Waals surface area (Å²) in [5.41, 5.74) is -0.581. The summed E-state index contributed by atoms with van der Waals surface area (Å²) in [5.74, 6) is -2.39. The summed E-state index contributed by atoms with van der Waals surface area (Å²) < 4.78 is 6.84. The van der Waals surface area contributed by atoms with E-state index in [1.165, 1.54) is 4.90 Å². The number of amides is 3. The molecule has 6 atom stereocenters. The van der Waals surface area contributed by atoms with Crippen LogP contribution in [0, 0.1) is 11.8 Å². The van der Waals surface area contributed by atoms with Crippen LogP contribution in [0.25, 0.3) is 0 Å². The molecule has 40 heavy (non-hydrogen) atoms. The van der Waals surface area contributed by atoms with E-state index in [2.05, 4.69) is 18.7 Å². The Hall–Kier alpha value is -3.17. The molecule has 0 aliphatic carbocycles. The van der Waals surface area contributed by atoms with Gasteiger partial charge in [0.15, 0.2) is 0 Å². The second-order valence-electron chi connectivity index (χ2n) is 11.5. The van der Waals surface area contributed by atoms with Crippen LogP contribution in [0.3, 0.4) is 0 Å². The van der Waals surface area contributed by atoms with Crippen molar-refractivity contribution in [3.8, 4) is 0 Å². The molecule has 0 radical (unpaired) electrons. The SMILES string of the molecule is CCCN1CC=C[C@@]2(C)O[C@]34C=CCN(c5ccc(N(CC)CC)cc5)C(=O)C3N([C@H](C)CO)C(=O)[C@@H]4[C@H]2C1=O. The molecule has 9 heteroatoms. The van der Waals surface area contributed by atoms with Crippen LogP contribution in [0.4, 0.5) is 11.4 Å². The molecule has 1 aromatic rings. The third kappa shape index (κ3) is 4.16. The number of aliphatic hydroxyl groups excluding tert-OH is 1. The van der Waals surface area contributed by atoms with Gasteiger partial charge in [-0.15, -0.1) is 0 Å². The number of nitrogens with zero attached hydrogens (tertiary/aromatic N) is 4. The third-order valence-electron chi connectivity index (χ3n) is 9.10. The van der Waals surface area contributed by atoms with E-state index in [1.54, 1.807) is 16.7 Å². The summed E-state index contributed by atoms with van der Waals surface area (Å²) in [5, 5.41) is 10.2. The standard InChI is InChI=1S/C31H42N4O5/c1-6-17-33-18-9-15-30(5)24(27(33)37)25-28(38)35(21(4)20-36)26-29(39)34(19-10-16-31(25,26)40-30)23-13-11-22(12-14-23)32(7-2)8-3/h9-16,21,24-26,36H,6-8,17-20H2,1-5H3/t21-,24+,25+,26?,30-,31+/m1/s1. The van der Waals surface area contributed by atoms with Gasteiger partial charge in [0.2, 0.25) is 11.8 Å². The van der Waals surface area contributed by atoms with E-state index < -0.39 is 35.1 Å². The number of hydrogen-bond acceptors (Lipinski definition) is 6. The van der Waals surface area contributed by atoms with E-state index in [9.17, 15) is 19.5 Å². The largest absolute Gasteiger partial charge is 0.394 e. The molecule has 4 aliphatic rings. The molecule has 2 saturated heterocycles. The molecule has 4 aliphatic heterocycles. The lowest BCUT2D eigenvalue weighted by Crippen LogP contribution is -2.58. The summed E-state index contributed by atoms with van der Waals surface area (Å²) in [4.78, 5) is 49.9. The smallest absolute Gasteiger partial charge is 0.253 e. The fourth-order valence-electron chi connectivity index (χ4n) is 7.21. The molecule has 0 aromatic heterocycles. The number of aliphatic hydroxyl groups is 1. The maximum absolute atomic E-state index is 14.5. The van der Waals surface area contributed by atoms with E-state index in [0.717, 1.165) is 30.9 Å². The number of fused-ring (bicyclic) bond motifs is 2. The summed E-state index contributed by atoms with van der Waals surface area (Å²) in [6.07, 6.45) is 8.36. The normalized spacial score (nSPS) is 32.1. The maximum Gasteiger partial charge on any atom is 0.253 e. The van der Waals surface area contributed by atoms with E-state index in [1.807, 2.05) is 62.4 Å². The van der Waals surface area contributed by atoms with Crippen molar-refractivity contribution in [2.45, 2.75) is 64.3 Å². The highest BCUT2D eigenvalue weighted by Gasteiger charge is 2.75. The first kappa shape index (κ1) is 28.4. The minimum atomic E-state index is -1.33. The van der Waals surface area contributed by atoms with Crippen LogP contribution < -0.4 is 9.80 Å². The van der Waals surface area contributed by atoms with Crippen LogP contribution >= 0.6 is 0 Å². The van der Waals surface area contributed by atoms with Crippen LogP contribution in [-0.4, -0.2) is 95.2 Å². The Morgan fingerprint density at radius 3 is 2.27 bits per heavy atom. The Kier molecular flexibility index (Phi) is 7.56. The van der Waals surface area contributed by atoms with Gasteiger partial charge in [-0.05, 0) is 58.4 Å². The van der Waals surface area contributed by atoms with Gasteiger partial charge >= 0.3 is 0 Å². The summed E-state index contributed by atoms with van der Waals surface area (Å²) in [6, 6.07) is 6.24. The van der Waals surface area contributed by atoms with Crippen molar-refractivity contribution < 1.29 is 24.2 Å². The second-order valence-corrected chi connectivity index (χ2v) is 11.5. The van der Waals surface area contributed by atoms with Gasteiger partial charge in [0, 0.05) is 44.1 Å². The quantitative estimate of drug-likeness (QED) is 0.501. The van der Waals surface area contributed by atoms with Gasteiger partial charge < -0.3 is 29.4 Å². The zero-order chi connectivity index (χ0) is 28.8. The lowest BCUT2D eigenvalue weighted by Gasteiger charge is -2.39. The van der Waals surface area contributed by atoms with Gasteiger partial charge in [0.25, 0.3) is 5.91 Å². The number of ether oxygens (including phenoxy) is 1. The Labute approximate surface area is 237 Å². The molecule has 216 valence electrons. The Bertz CT molecular complexity index is 1210. The highest BCUT2D eigenvalue weighted by molar-refractivity contribution is 6.06. The molecule has 1 spiro atoms. The predicted octanol–water partition coefficient (Wildman–Crippen LogP) is 2.60. The van der Waals surface area contributed by atoms with Crippen molar-refractivity contribution in [3.63, 3.8) is 0 Å². The second kappa shape index (κ2) is 10.7. The lowest BCUT2D eigenvalue weighted by molar-refractivity contribution is -0.150. The Morgan fingerprint density at radius 1 is 0.975 bits per heavy atom. The number of rotatable bonds is 8. The number of carbonyl (C=O) groups is 3. The van der Waals surface area contributed by atoms with Gasteiger partial charge in [-0.2, -0.15) is 0 Å². The van der Waals surface area contributed by atoms with Crippen LogP contribution in [-0.2, 0) is 19.1 Å². The van der Waals surface area contributed by atoms with Crippen LogP contribution in [0.5, 0.6) is 0 Å². The molecule has 0 saturated carbocycles. The van der Waals surface area contributed by atoms with Crippen molar-refractivity contribution >= 4 is 29.1 Å². The van der Waals surface area contributed by atoms with Gasteiger partial charge in [0.1, 0.15) is 11.6 Å². The highest BCUT2D eigenvalue weighted by atomic mass is 16.5. The molecule has 2 fully saturated rings. The van der Waals surface area contributed by atoms with E-state index >= 15 is 0 Å². The number of hydrogen-bond donors (Lipinski definition) is 1. The Balaban J connectivity index is 1.59. The zero-order valence-corrected chi connectivity index (χ0v) is 24.2. The van der Waals surface area contributed by atoms with E-state index in [4.69, 9.17) is 4.74 Å². The lowest BCUT2D eigenvalue weighted by atomic mass is 9.74. The molecule has 1 unspecified atom stereocenters. The summed E-state index contributed by atoms with van der Waals surface area (Å²) in [6.45, 7) is 12.6.